The van der Waals surface area contributed by atoms with Crippen LogP contribution in [0.25, 0.3) is 27.6 Å². The number of hydrogen-bond donors (Lipinski definition) is 0. The summed E-state index contributed by atoms with van der Waals surface area (Å²) in [7, 11) is -3.74. The summed E-state index contributed by atoms with van der Waals surface area (Å²) >= 11 is 0. The van der Waals surface area contributed by atoms with Crippen LogP contribution in [-0.4, -0.2) is 14.1 Å². The minimum Gasteiger partial charge on any atom is -0.199 e. The van der Waals surface area contributed by atoms with Crippen LogP contribution >= 0.6 is 0 Å². The average molecular weight is 424 g/mol. The molecule has 1 heterocycles. The molecule has 0 fully saturated rings. The SMILES string of the molecule is O=S1(=O)N=C(C2CCCc3ccc4c(ccc5ccccc54)c32)C=Cc2ccccc21. The lowest BCUT2D eigenvalue weighted by Crippen LogP contribution is -2.18. The maximum absolute atomic E-state index is 13.1. The molecule has 4 aromatic rings. The van der Waals surface area contributed by atoms with Gasteiger partial charge in [-0.2, -0.15) is 12.8 Å². The van der Waals surface area contributed by atoms with Gasteiger partial charge in [-0.05, 0) is 69.6 Å². The predicted octanol–water partition coefficient (Wildman–Crippen LogP) is 6.27. The summed E-state index contributed by atoms with van der Waals surface area (Å²) in [5.74, 6) is -0.0334. The molecule has 0 N–H and O–H groups in total. The quantitative estimate of drug-likeness (QED) is 0.339. The van der Waals surface area contributed by atoms with Gasteiger partial charge in [-0.15, -0.1) is 0 Å². The van der Waals surface area contributed by atoms with Crippen molar-refractivity contribution >= 4 is 43.4 Å². The second kappa shape index (κ2) is 6.89. The lowest BCUT2D eigenvalue weighted by molar-refractivity contribution is 0.597. The zero-order valence-corrected chi connectivity index (χ0v) is 17.8. The summed E-state index contributed by atoms with van der Waals surface area (Å²) in [6, 6.07) is 24.3. The Hall–Kier alpha value is -3.24. The Labute approximate surface area is 181 Å². The van der Waals surface area contributed by atoms with E-state index >= 15 is 0 Å². The van der Waals surface area contributed by atoms with Crippen LogP contribution in [0.1, 0.15) is 35.4 Å². The Balaban J connectivity index is 1.59. The molecule has 2 aliphatic rings. The van der Waals surface area contributed by atoms with E-state index in [1.165, 1.54) is 32.7 Å². The molecule has 1 aliphatic carbocycles. The minimum absolute atomic E-state index is 0.0334. The van der Waals surface area contributed by atoms with Crippen molar-refractivity contribution in [2.24, 2.45) is 4.40 Å². The molecule has 4 heteroatoms. The molecule has 3 nitrogen and oxygen atoms in total. The molecule has 0 aromatic heterocycles. The molecule has 0 saturated heterocycles. The van der Waals surface area contributed by atoms with E-state index in [1.807, 2.05) is 24.3 Å². The van der Waals surface area contributed by atoms with Gasteiger partial charge in [-0.3, -0.25) is 0 Å². The summed E-state index contributed by atoms with van der Waals surface area (Å²) in [5, 5.41) is 4.86. The van der Waals surface area contributed by atoms with Crippen molar-refractivity contribution in [2.75, 3.05) is 0 Å². The maximum atomic E-state index is 13.1. The summed E-state index contributed by atoms with van der Waals surface area (Å²) in [4.78, 5) is 0.279. The molecule has 31 heavy (non-hydrogen) atoms. The summed E-state index contributed by atoms with van der Waals surface area (Å²) in [5.41, 5.74) is 3.87. The first kappa shape index (κ1) is 18.5. The highest BCUT2D eigenvalue weighted by molar-refractivity contribution is 7.90. The van der Waals surface area contributed by atoms with E-state index < -0.39 is 10.0 Å². The monoisotopic (exact) mass is 423 g/mol. The molecule has 0 radical (unpaired) electrons. The van der Waals surface area contributed by atoms with Gasteiger partial charge in [0.1, 0.15) is 0 Å². The van der Waals surface area contributed by atoms with Crippen molar-refractivity contribution in [3.8, 4) is 0 Å². The second-order valence-corrected chi connectivity index (χ2v) is 9.90. The molecule has 4 aromatic carbocycles. The first-order valence-electron chi connectivity index (χ1n) is 10.7. The Bertz CT molecular complexity index is 1530. The first-order chi connectivity index (χ1) is 15.1. The molecule has 6 rings (SSSR count). The van der Waals surface area contributed by atoms with E-state index in [0.29, 0.717) is 11.3 Å². The van der Waals surface area contributed by atoms with Crippen LogP contribution < -0.4 is 0 Å². The normalized spacial score (nSPS) is 19.5. The van der Waals surface area contributed by atoms with Crippen molar-refractivity contribution in [1.82, 2.24) is 0 Å². The Morgan fingerprint density at radius 3 is 2.52 bits per heavy atom. The molecule has 0 spiro atoms. The Morgan fingerprint density at radius 1 is 0.774 bits per heavy atom. The number of nitrogens with zero attached hydrogens (tertiary/aromatic N) is 1. The number of sulfonamides is 1. The van der Waals surface area contributed by atoms with E-state index in [0.717, 1.165) is 19.3 Å². The van der Waals surface area contributed by atoms with Gasteiger partial charge in [0, 0.05) is 5.92 Å². The van der Waals surface area contributed by atoms with E-state index in [-0.39, 0.29) is 10.8 Å². The molecule has 1 aliphatic heterocycles. The van der Waals surface area contributed by atoms with E-state index in [1.54, 1.807) is 12.1 Å². The third kappa shape index (κ3) is 2.94. The summed E-state index contributed by atoms with van der Waals surface area (Å²) in [6.45, 7) is 0. The number of benzene rings is 4. The van der Waals surface area contributed by atoms with Gasteiger partial charge in [-0.25, -0.2) is 0 Å². The fourth-order valence-corrected chi connectivity index (χ4v) is 6.40. The zero-order valence-electron chi connectivity index (χ0n) is 17.0. The van der Waals surface area contributed by atoms with E-state index in [9.17, 15) is 8.42 Å². The standard InChI is InChI=1S/C27H21NO2S/c29-31(30)26-11-4-2-7-19(26)14-17-25(28-31)24-10-5-8-20-13-15-22-21-9-3-1-6-18(21)12-16-23(22)27(20)24/h1-4,6-7,9,11-17,24H,5,8,10H2. The van der Waals surface area contributed by atoms with Gasteiger partial charge < -0.3 is 0 Å². The fraction of sp³-hybridized carbons (Fsp3) is 0.148. The van der Waals surface area contributed by atoms with Crippen molar-refractivity contribution in [3.05, 3.63) is 95.6 Å². The van der Waals surface area contributed by atoms with E-state index in [4.69, 9.17) is 0 Å². The van der Waals surface area contributed by atoms with Crippen LogP contribution in [0.4, 0.5) is 0 Å². The van der Waals surface area contributed by atoms with Crippen LogP contribution in [-0.2, 0) is 16.4 Å². The molecule has 152 valence electrons. The molecule has 1 unspecified atom stereocenters. The predicted molar refractivity (Wildman–Crippen MR) is 127 cm³/mol. The molecular weight excluding hydrogens is 402 g/mol. The third-order valence-corrected chi connectivity index (χ3v) is 7.94. The van der Waals surface area contributed by atoms with Gasteiger partial charge in [0.15, 0.2) is 0 Å². The van der Waals surface area contributed by atoms with Crippen LogP contribution in [0.3, 0.4) is 0 Å². The lowest BCUT2D eigenvalue weighted by atomic mass is 9.77. The summed E-state index contributed by atoms with van der Waals surface area (Å²) < 4.78 is 30.5. The topological polar surface area (TPSA) is 46.5 Å². The largest absolute Gasteiger partial charge is 0.283 e. The molecule has 0 saturated carbocycles. The summed E-state index contributed by atoms with van der Waals surface area (Å²) in [6.07, 6.45) is 6.74. The van der Waals surface area contributed by atoms with Gasteiger partial charge in [0.2, 0.25) is 0 Å². The van der Waals surface area contributed by atoms with Crippen LogP contribution in [0.2, 0.25) is 0 Å². The van der Waals surface area contributed by atoms with Crippen molar-refractivity contribution in [1.29, 1.82) is 0 Å². The maximum Gasteiger partial charge on any atom is 0.283 e. The molecule has 0 amide bonds. The van der Waals surface area contributed by atoms with Crippen molar-refractivity contribution in [2.45, 2.75) is 30.1 Å². The average Bonchev–Trinajstić information content (AvgIpc) is 2.94. The van der Waals surface area contributed by atoms with Gasteiger partial charge in [0.25, 0.3) is 10.0 Å². The highest BCUT2D eigenvalue weighted by Gasteiger charge is 2.29. The van der Waals surface area contributed by atoms with Crippen LogP contribution in [0, 0.1) is 0 Å². The number of hydrogen-bond acceptors (Lipinski definition) is 2. The van der Waals surface area contributed by atoms with Crippen molar-refractivity contribution in [3.63, 3.8) is 0 Å². The van der Waals surface area contributed by atoms with Gasteiger partial charge >= 0.3 is 0 Å². The van der Waals surface area contributed by atoms with Gasteiger partial charge in [0.05, 0.1) is 10.6 Å². The minimum atomic E-state index is -3.74. The third-order valence-electron chi connectivity index (χ3n) is 6.56. The molecule has 0 bridgehead atoms. The smallest absolute Gasteiger partial charge is 0.199 e. The second-order valence-electron chi connectivity index (χ2n) is 8.33. The molecular formula is C27H21NO2S. The van der Waals surface area contributed by atoms with Gasteiger partial charge in [-0.1, -0.05) is 72.8 Å². The highest BCUT2D eigenvalue weighted by Crippen LogP contribution is 2.41. The van der Waals surface area contributed by atoms with Crippen LogP contribution in [0.5, 0.6) is 0 Å². The van der Waals surface area contributed by atoms with Crippen LogP contribution in [0.15, 0.2) is 88.2 Å². The number of rotatable bonds is 1. The number of aryl methyl sites for hydroxylation is 1. The number of allylic oxidation sites excluding steroid dienone is 1. The first-order valence-corrected chi connectivity index (χ1v) is 12.1. The fourth-order valence-electron chi connectivity index (χ4n) is 5.15. The Morgan fingerprint density at radius 2 is 1.58 bits per heavy atom. The van der Waals surface area contributed by atoms with Crippen molar-refractivity contribution < 1.29 is 8.42 Å². The Kier molecular flexibility index (Phi) is 4.12. The van der Waals surface area contributed by atoms with E-state index in [2.05, 4.69) is 52.9 Å². The zero-order chi connectivity index (χ0) is 21.0. The lowest BCUT2D eigenvalue weighted by Gasteiger charge is -2.27. The highest BCUT2D eigenvalue weighted by atomic mass is 32.2. The number of fused-ring (bicyclic) bond motifs is 6. The molecule has 1 atom stereocenters.